The second kappa shape index (κ2) is 5.33. The molecule has 0 spiro atoms. The highest BCUT2D eigenvalue weighted by Crippen LogP contribution is 2.28. The Morgan fingerprint density at radius 3 is 2.42 bits per heavy atom. The predicted octanol–water partition coefficient (Wildman–Crippen LogP) is 3.17. The molecule has 0 aliphatic carbocycles. The molecule has 2 aromatic rings. The Kier molecular flexibility index (Phi) is 3.76. The lowest BCUT2D eigenvalue weighted by molar-refractivity contribution is 0.0745. The number of carbonyl (C=O) groups excluding carboxylic acids is 1. The third-order valence-corrected chi connectivity index (χ3v) is 3.66. The minimum absolute atomic E-state index is 0.467. The molecule has 0 aliphatic rings. The van der Waals surface area contributed by atoms with Crippen LogP contribution in [0.4, 0.5) is 0 Å². The van der Waals surface area contributed by atoms with Crippen LogP contribution in [-0.2, 0) is 9.09 Å². The lowest BCUT2D eigenvalue weighted by atomic mass is 10.0. The summed E-state index contributed by atoms with van der Waals surface area (Å²) in [6.45, 7) is 5.63. The lowest BCUT2D eigenvalue weighted by Gasteiger charge is -2.06. The zero-order chi connectivity index (χ0) is 14.0. The third kappa shape index (κ3) is 2.88. The van der Waals surface area contributed by atoms with Gasteiger partial charge in [0, 0.05) is 10.8 Å². The van der Waals surface area contributed by atoms with Gasteiger partial charge in [0.1, 0.15) is 6.33 Å². The standard InChI is InChI=1S/C13H14N2O3P/c1-9-6-10(2)12(11(3)7-9)13(16)18-19(17)15-5-4-14-8-15/h4-8H,1-3H3/q+1. The zero-order valence-corrected chi connectivity index (χ0v) is 11.8. The SMILES string of the molecule is Cc1cc(C)c(C(=O)O[P+](=O)n2ccnc2)c(C)c1. The molecule has 0 saturated heterocycles. The smallest absolute Gasteiger partial charge is 0.241 e. The molecule has 1 heterocycles. The van der Waals surface area contributed by atoms with Crippen LogP contribution in [0, 0.1) is 20.8 Å². The van der Waals surface area contributed by atoms with Gasteiger partial charge in [-0.1, -0.05) is 22.0 Å². The summed E-state index contributed by atoms with van der Waals surface area (Å²) in [7, 11) is -2.28. The van der Waals surface area contributed by atoms with Crippen LogP contribution in [0.1, 0.15) is 27.0 Å². The molecule has 0 fully saturated rings. The van der Waals surface area contributed by atoms with Crippen molar-refractivity contribution in [3.63, 3.8) is 0 Å². The first-order valence-electron chi connectivity index (χ1n) is 5.74. The van der Waals surface area contributed by atoms with E-state index in [4.69, 9.17) is 4.52 Å². The molecule has 6 heteroatoms. The van der Waals surface area contributed by atoms with Crippen LogP contribution in [0.3, 0.4) is 0 Å². The third-order valence-electron chi connectivity index (χ3n) is 2.72. The predicted molar refractivity (Wildman–Crippen MR) is 71.3 cm³/mol. The minimum atomic E-state index is -2.28. The fourth-order valence-corrected chi connectivity index (χ4v) is 2.65. The van der Waals surface area contributed by atoms with Gasteiger partial charge in [-0.3, -0.25) is 0 Å². The van der Waals surface area contributed by atoms with Crippen LogP contribution >= 0.6 is 8.18 Å². The number of hydrogen-bond donors (Lipinski definition) is 0. The van der Waals surface area contributed by atoms with E-state index in [1.807, 2.05) is 32.9 Å². The van der Waals surface area contributed by atoms with Crippen LogP contribution in [0.5, 0.6) is 0 Å². The molecule has 98 valence electrons. The molecule has 1 aromatic carbocycles. The highest BCUT2D eigenvalue weighted by Gasteiger charge is 2.29. The number of aryl methyl sites for hydroxylation is 3. The van der Waals surface area contributed by atoms with Gasteiger partial charge in [0.15, 0.2) is 0 Å². The highest BCUT2D eigenvalue weighted by atomic mass is 31.1. The first kappa shape index (κ1) is 13.4. The van der Waals surface area contributed by atoms with E-state index in [-0.39, 0.29) is 0 Å². The van der Waals surface area contributed by atoms with Gasteiger partial charge in [-0.2, -0.15) is 4.52 Å². The highest BCUT2D eigenvalue weighted by molar-refractivity contribution is 7.38. The van der Waals surface area contributed by atoms with Gasteiger partial charge >= 0.3 is 14.1 Å². The number of carbonyl (C=O) groups is 1. The minimum Gasteiger partial charge on any atom is -0.241 e. The summed E-state index contributed by atoms with van der Waals surface area (Å²) in [6.07, 6.45) is 4.31. The van der Waals surface area contributed by atoms with E-state index < -0.39 is 14.1 Å². The Bertz CT molecular complexity index is 612. The maximum Gasteiger partial charge on any atom is 0.705 e. The molecular weight excluding hydrogens is 263 g/mol. The van der Waals surface area contributed by atoms with Crippen molar-refractivity contribution in [2.45, 2.75) is 20.8 Å². The summed E-state index contributed by atoms with van der Waals surface area (Å²) in [6, 6.07) is 3.79. The molecule has 1 unspecified atom stereocenters. The van der Waals surface area contributed by atoms with Crippen LogP contribution < -0.4 is 0 Å². The molecule has 0 aliphatic heterocycles. The van der Waals surface area contributed by atoms with Crippen molar-refractivity contribution in [1.82, 2.24) is 9.32 Å². The van der Waals surface area contributed by atoms with Crippen LogP contribution in [-0.4, -0.2) is 15.3 Å². The molecule has 2 rings (SSSR count). The van der Waals surface area contributed by atoms with E-state index in [0.717, 1.165) is 16.7 Å². The van der Waals surface area contributed by atoms with Crippen molar-refractivity contribution < 1.29 is 13.9 Å². The van der Waals surface area contributed by atoms with Crippen molar-refractivity contribution in [3.05, 3.63) is 53.1 Å². The Balaban J connectivity index is 2.24. The zero-order valence-electron chi connectivity index (χ0n) is 11.0. The van der Waals surface area contributed by atoms with Crippen molar-refractivity contribution >= 4 is 14.1 Å². The lowest BCUT2D eigenvalue weighted by Crippen LogP contribution is -2.07. The van der Waals surface area contributed by atoms with E-state index in [1.54, 1.807) is 0 Å². The molecule has 0 saturated carbocycles. The van der Waals surface area contributed by atoms with Crippen LogP contribution in [0.15, 0.2) is 30.9 Å². The van der Waals surface area contributed by atoms with Crippen molar-refractivity contribution in [2.24, 2.45) is 0 Å². The van der Waals surface area contributed by atoms with Crippen molar-refractivity contribution in [2.75, 3.05) is 0 Å². The molecule has 19 heavy (non-hydrogen) atoms. The second-order valence-corrected chi connectivity index (χ2v) is 5.45. The van der Waals surface area contributed by atoms with E-state index in [2.05, 4.69) is 4.98 Å². The van der Waals surface area contributed by atoms with Crippen molar-refractivity contribution in [3.8, 4) is 0 Å². The molecule has 0 radical (unpaired) electrons. The van der Waals surface area contributed by atoms with E-state index in [0.29, 0.717) is 5.56 Å². The fraction of sp³-hybridized carbons (Fsp3) is 0.231. The number of imidazole rings is 1. The number of aromatic nitrogens is 2. The number of benzene rings is 1. The maximum atomic E-state index is 12.1. The first-order chi connectivity index (χ1) is 8.99. The monoisotopic (exact) mass is 277 g/mol. The average molecular weight is 277 g/mol. The number of rotatable bonds is 3. The van der Waals surface area contributed by atoms with Crippen LogP contribution in [0.25, 0.3) is 0 Å². The van der Waals surface area contributed by atoms with Gasteiger partial charge in [0.2, 0.25) is 0 Å². The molecular formula is C13H14N2O3P+. The summed E-state index contributed by atoms with van der Waals surface area (Å²) in [5.74, 6) is -0.579. The molecule has 1 atom stereocenters. The van der Waals surface area contributed by atoms with Gasteiger partial charge in [0.25, 0.3) is 0 Å². The van der Waals surface area contributed by atoms with E-state index in [1.165, 1.54) is 23.1 Å². The Labute approximate surface area is 112 Å². The van der Waals surface area contributed by atoms with E-state index >= 15 is 0 Å². The molecule has 0 amide bonds. The van der Waals surface area contributed by atoms with Crippen molar-refractivity contribution in [1.29, 1.82) is 0 Å². The summed E-state index contributed by atoms with van der Waals surface area (Å²) >= 11 is 0. The summed E-state index contributed by atoms with van der Waals surface area (Å²) < 4.78 is 18.0. The Morgan fingerprint density at radius 1 is 1.26 bits per heavy atom. The van der Waals surface area contributed by atoms with Gasteiger partial charge in [-0.05, 0) is 31.9 Å². The topological polar surface area (TPSA) is 61.2 Å². The average Bonchev–Trinajstić information content (AvgIpc) is 2.80. The number of nitrogens with zero attached hydrogens (tertiary/aromatic N) is 2. The summed E-state index contributed by atoms with van der Waals surface area (Å²) in [5.41, 5.74) is 3.17. The summed E-state index contributed by atoms with van der Waals surface area (Å²) in [5, 5.41) is 0. The maximum absolute atomic E-state index is 12.1. The first-order valence-corrected chi connectivity index (χ1v) is 6.87. The van der Waals surface area contributed by atoms with Crippen LogP contribution in [0.2, 0.25) is 0 Å². The fourth-order valence-electron chi connectivity index (χ4n) is 2.01. The molecule has 5 nitrogen and oxygen atoms in total. The summed E-state index contributed by atoms with van der Waals surface area (Å²) in [4.78, 5) is 15.8. The van der Waals surface area contributed by atoms with Gasteiger partial charge in [0.05, 0.1) is 11.8 Å². The Morgan fingerprint density at radius 2 is 1.89 bits per heavy atom. The van der Waals surface area contributed by atoms with E-state index in [9.17, 15) is 9.36 Å². The molecule has 0 bridgehead atoms. The normalized spacial score (nSPS) is 11.2. The van der Waals surface area contributed by atoms with Gasteiger partial charge in [-0.25, -0.2) is 9.78 Å². The number of hydrogen-bond acceptors (Lipinski definition) is 4. The Hall–Kier alpha value is -2.00. The largest absolute Gasteiger partial charge is 0.705 e. The van der Waals surface area contributed by atoms with Gasteiger partial charge < -0.3 is 0 Å². The quantitative estimate of drug-likeness (QED) is 0.808. The van der Waals surface area contributed by atoms with Gasteiger partial charge in [-0.15, -0.1) is 0 Å². The molecule has 0 N–H and O–H groups in total. The molecule has 1 aromatic heterocycles. The second-order valence-electron chi connectivity index (χ2n) is 4.33.